The van der Waals surface area contributed by atoms with Crippen molar-refractivity contribution in [2.75, 3.05) is 18.0 Å². The first-order valence-corrected chi connectivity index (χ1v) is 10.4. The molecule has 2 saturated heterocycles. The van der Waals surface area contributed by atoms with Gasteiger partial charge in [0.15, 0.2) is 0 Å². The van der Waals surface area contributed by atoms with Crippen molar-refractivity contribution in [2.45, 2.75) is 37.5 Å². The molecule has 0 radical (unpaired) electrons. The minimum absolute atomic E-state index is 0.257. The molecule has 28 heavy (non-hydrogen) atoms. The van der Waals surface area contributed by atoms with Crippen LogP contribution >= 0.6 is 15.9 Å². The quantitative estimate of drug-likeness (QED) is 0.709. The fraction of sp³-hybridized carbons (Fsp3) is 0.364. The number of anilines is 1. The van der Waals surface area contributed by atoms with Gasteiger partial charge in [-0.1, -0.05) is 34.1 Å². The summed E-state index contributed by atoms with van der Waals surface area (Å²) in [5.41, 5.74) is 2.55. The Hall–Kier alpha value is -2.21. The zero-order valence-corrected chi connectivity index (χ0v) is 17.0. The summed E-state index contributed by atoms with van der Waals surface area (Å²) >= 11 is 3.47. The van der Waals surface area contributed by atoms with Crippen LogP contribution in [0, 0.1) is 5.82 Å². The molecule has 0 saturated carbocycles. The highest BCUT2D eigenvalue weighted by Crippen LogP contribution is 2.34. The Morgan fingerprint density at radius 2 is 1.64 bits per heavy atom. The highest BCUT2D eigenvalue weighted by atomic mass is 79.9. The molecule has 2 aromatic rings. The van der Waals surface area contributed by atoms with Gasteiger partial charge in [-0.15, -0.1) is 0 Å². The van der Waals surface area contributed by atoms with Gasteiger partial charge in [0.25, 0.3) is 0 Å². The molecule has 2 aromatic carbocycles. The number of benzene rings is 2. The van der Waals surface area contributed by atoms with Gasteiger partial charge in [-0.2, -0.15) is 0 Å². The van der Waals surface area contributed by atoms with Crippen molar-refractivity contribution >= 4 is 33.4 Å². The van der Waals surface area contributed by atoms with Gasteiger partial charge in [0.05, 0.1) is 11.6 Å². The fourth-order valence-corrected chi connectivity index (χ4v) is 4.46. The summed E-state index contributed by atoms with van der Waals surface area (Å²) in [4.78, 5) is 25.4. The lowest BCUT2D eigenvalue weighted by Crippen LogP contribution is -2.39. The van der Waals surface area contributed by atoms with Crippen molar-refractivity contribution in [1.29, 1.82) is 0 Å². The first kappa shape index (κ1) is 19.1. The van der Waals surface area contributed by atoms with Gasteiger partial charge in [-0.05, 0) is 60.6 Å². The van der Waals surface area contributed by atoms with E-state index in [-0.39, 0.29) is 17.6 Å². The first-order valence-electron chi connectivity index (χ1n) is 9.65. The van der Waals surface area contributed by atoms with Crippen LogP contribution in [0.5, 0.6) is 0 Å². The van der Waals surface area contributed by atoms with E-state index >= 15 is 0 Å². The van der Waals surface area contributed by atoms with Crippen LogP contribution in [0.3, 0.4) is 0 Å². The first-order chi connectivity index (χ1) is 13.5. The maximum Gasteiger partial charge on any atom is 0.234 e. The molecular weight excluding hydrogens is 423 g/mol. The van der Waals surface area contributed by atoms with E-state index in [0.717, 1.165) is 30.4 Å². The van der Waals surface area contributed by atoms with Gasteiger partial charge in [0, 0.05) is 24.0 Å². The van der Waals surface area contributed by atoms with Gasteiger partial charge in [0.2, 0.25) is 11.8 Å². The Kier molecular flexibility index (Phi) is 5.49. The summed E-state index contributed by atoms with van der Waals surface area (Å²) in [5.74, 6) is -0.852. The lowest BCUT2D eigenvalue weighted by molar-refractivity contribution is -0.134. The molecule has 6 heteroatoms. The van der Waals surface area contributed by atoms with E-state index in [4.69, 9.17) is 0 Å². The predicted molar refractivity (Wildman–Crippen MR) is 110 cm³/mol. The van der Waals surface area contributed by atoms with E-state index < -0.39 is 5.92 Å². The average molecular weight is 445 g/mol. The zero-order chi connectivity index (χ0) is 19.7. The van der Waals surface area contributed by atoms with Crippen molar-refractivity contribution < 1.29 is 14.0 Å². The third kappa shape index (κ3) is 3.97. The number of imide groups is 1. The van der Waals surface area contributed by atoms with Crippen LogP contribution in [0.1, 0.15) is 48.6 Å². The van der Waals surface area contributed by atoms with Gasteiger partial charge >= 0.3 is 0 Å². The van der Waals surface area contributed by atoms with E-state index in [1.165, 1.54) is 11.6 Å². The Labute approximate surface area is 172 Å². The number of hydrogen-bond acceptors (Lipinski definition) is 3. The highest BCUT2D eigenvalue weighted by Gasteiger charge is 2.29. The molecule has 1 atom stereocenters. The molecule has 0 bridgehead atoms. The lowest BCUT2D eigenvalue weighted by atomic mass is 9.88. The third-order valence-corrected chi connectivity index (χ3v) is 6.32. The number of piperidine rings is 2. The Bertz CT molecular complexity index is 892. The number of halogens is 2. The van der Waals surface area contributed by atoms with Gasteiger partial charge < -0.3 is 4.90 Å². The molecule has 2 fully saturated rings. The maximum atomic E-state index is 14.8. The molecule has 0 aliphatic carbocycles. The summed E-state index contributed by atoms with van der Waals surface area (Å²) in [7, 11) is 0. The fourth-order valence-electron chi connectivity index (χ4n) is 4.20. The maximum absolute atomic E-state index is 14.8. The monoisotopic (exact) mass is 444 g/mol. The Morgan fingerprint density at radius 3 is 2.29 bits per heavy atom. The number of carbonyl (C=O) groups excluding carboxylic acids is 2. The molecule has 2 heterocycles. The van der Waals surface area contributed by atoms with Crippen LogP contribution in [-0.2, 0) is 9.59 Å². The molecule has 0 aromatic heterocycles. The molecule has 1 N–H and O–H groups in total. The molecular formula is C22H22BrFN2O2. The van der Waals surface area contributed by atoms with Crippen LogP contribution < -0.4 is 10.2 Å². The van der Waals surface area contributed by atoms with Gasteiger partial charge in [0.1, 0.15) is 5.82 Å². The van der Waals surface area contributed by atoms with Crippen LogP contribution in [0.4, 0.5) is 10.1 Å². The highest BCUT2D eigenvalue weighted by molar-refractivity contribution is 9.10. The largest absolute Gasteiger partial charge is 0.369 e. The number of nitrogens with one attached hydrogen (secondary N) is 1. The molecule has 4 rings (SSSR count). The smallest absolute Gasteiger partial charge is 0.234 e. The molecule has 0 spiro atoms. The van der Waals surface area contributed by atoms with Crippen molar-refractivity contribution in [3.63, 3.8) is 0 Å². The molecule has 2 aliphatic rings. The second-order valence-corrected chi connectivity index (χ2v) is 8.44. The molecule has 1 unspecified atom stereocenters. The van der Waals surface area contributed by atoms with Crippen molar-refractivity contribution in [2.24, 2.45) is 0 Å². The Morgan fingerprint density at radius 1 is 0.964 bits per heavy atom. The number of rotatable bonds is 3. The minimum atomic E-state index is -0.454. The molecule has 2 aliphatic heterocycles. The van der Waals surface area contributed by atoms with Crippen molar-refractivity contribution in [3.8, 4) is 0 Å². The van der Waals surface area contributed by atoms with Gasteiger partial charge in [-0.3, -0.25) is 14.9 Å². The lowest BCUT2D eigenvalue weighted by Gasteiger charge is -2.34. The number of amides is 2. The summed E-state index contributed by atoms with van der Waals surface area (Å²) in [6, 6.07) is 13.5. The second kappa shape index (κ2) is 8.03. The van der Waals surface area contributed by atoms with Crippen LogP contribution in [-0.4, -0.2) is 24.9 Å². The summed E-state index contributed by atoms with van der Waals surface area (Å²) in [6.07, 6.45) is 2.69. The van der Waals surface area contributed by atoms with Crippen LogP contribution in [0.15, 0.2) is 46.9 Å². The topological polar surface area (TPSA) is 49.4 Å². The predicted octanol–water partition coefficient (Wildman–Crippen LogP) is 4.49. The summed E-state index contributed by atoms with van der Waals surface area (Å²) in [6.45, 7) is 1.60. The SMILES string of the molecule is O=C1CCC(c2ccc(N3CCC(c4ccc(Br)cc4)CC3)c(F)c2)C(=O)N1. The molecule has 4 nitrogen and oxygen atoms in total. The minimum Gasteiger partial charge on any atom is -0.369 e. The van der Waals surface area contributed by atoms with Crippen molar-refractivity contribution in [1.82, 2.24) is 5.32 Å². The number of hydrogen-bond donors (Lipinski definition) is 1. The number of carbonyl (C=O) groups is 2. The third-order valence-electron chi connectivity index (χ3n) is 5.79. The van der Waals surface area contributed by atoms with Gasteiger partial charge in [-0.25, -0.2) is 4.39 Å². The van der Waals surface area contributed by atoms with Crippen molar-refractivity contribution in [3.05, 3.63) is 63.9 Å². The molecule has 146 valence electrons. The van der Waals surface area contributed by atoms with E-state index in [1.807, 2.05) is 6.07 Å². The van der Waals surface area contributed by atoms with E-state index in [9.17, 15) is 14.0 Å². The summed E-state index contributed by atoms with van der Waals surface area (Å²) < 4.78 is 15.9. The zero-order valence-electron chi connectivity index (χ0n) is 15.5. The van der Waals surface area contributed by atoms with Crippen LogP contribution in [0.2, 0.25) is 0 Å². The summed E-state index contributed by atoms with van der Waals surface area (Å²) in [5, 5.41) is 2.34. The van der Waals surface area contributed by atoms with E-state index in [1.54, 1.807) is 6.07 Å². The standard InChI is InChI=1S/C22H22BrFN2O2/c23-17-4-1-14(2-5-17)15-9-11-26(12-10-15)20-7-3-16(13-19(20)24)18-6-8-21(27)25-22(18)28/h1-5,7,13,15,18H,6,8-12H2,(H,25,27,28). The van der Waals surface area contributed by atoms with E-state index in [0.29, 0.717) is 30.0 Å². The van der Waals surface area contributed by atoms with E-state index in [2.05, 4.69) is 50.4 Å². The average Bonchev–Trinajstić information content (AvgIpc) is 2.69. The normalized spacial score (nSPS) is 20.9. The van der Waals surface area contributed by atoms with Crippen LogP contribution in [0.25, 0.3) is 0 Å². The second-order valence-electron chi connectivity index (χ2n) is 7.53. The number of nitrogens with zero attached hydrogens (tertiary/aromatic N) is 1. The Balaban J connectivity index is 1.43. The molecule has 2 amide bonds.